The average molecular weight is 515 g/mol. The van der Waals surface area contributed by atoms with Crippen molar-refractivity contribution in [1.82, 2.24) is 5.32 Å². The van der Waals surface area contributed by atoms with E-state index in [-0.39, 0.29) is 31.9 Å². The quantitative estimate of drug-likeness (QED) is 0.473. The van der Waals surface area contributed by atoms with Crippen LogP contribution < -0.4 is 21.1 Å². The number of thiocarbonyl (C=S) groups is 1. The summed E-state index contributed by atoms with van der Waals surface area (Å²) in [5, 5.41) is 6.64. The maximum Gasteiger partial charge on any atom is 0.261 e. The molecular weight excluding hydrogens is 489 g/mol. The maximum absolute atomic E-state index is 12.8. The molecule has 0 saturated carbocycles. The van der Waals surface area contributed by atoms with Crippen molar-refractivity contribution in [1.29, 1.82) is 0 Å². The van der Waals surface area contributed by atoms with Gasteiger partial charge in [0.1, 0.15) is 10.8 Å². The summed E-state index contributed by atoms with van der Waals surface area (Å²) >= 11 is 18.9. The number of nitrogens with one attached hydrogen (secondary N) is 2. The first-order chi connectivity index (χ1) is 14.9. The summed E-state index contributed by atoms with van der Waals surface area (Å²) in [6.45, 7) is 6.68. The van der Waals surface area contributed by atoms with E-state index >= 15 is 0 Å². The van der Waals surface area contributed by atoms with Gasteiger partial charge in [-0.25, -0.2) is 0 Å². The Bertz CT molecular complexity index is 1090. The number of ether oxygens (including phenoxy) is 1. The van der Waals surface area contributed by atoms with Crippen molar-refractivity contribution < 1.29 is 14.3 Å². The normalized spacial score (nSPS) is 15.6. The van der Waals surface area contributed by atoms with E-state index in [1.807, 2.05) is 0 Å². The molecule has 2 amide bonds. The number of nitrogens with two attached hydrogens (primary N) is 1. The van der Waals surface area contributed by atoms with Gasteiger partial charge in [-0.3, -0.25) is 14.9 Å². The highest BCUT2D eigenvalue weighted by Crippen LogP contribution is 2.44. The second-order valence-corrected chi connectivity index (χ2v) is 11.1. The molecule has 4 N–H and O–H groups in total. The number of carbonyl (C=O) groups excluding carboxylic acids is 2. The van der Waals surface area contributed by atoms with Gasteiger partial charge in [0.05, 0.1) is 23.3 Å². The molecule has 0 fully saturated rings. The van der Waals surface area contributed by atoms with Gasteiger partial charge in [-0.15, -0.1) is 11.3 Å². The fraction of sp³-hybridized carbons (Fsp3) is 0.409. The number of benzene rings is 1. The van der Waals surface area contributed by atoms with Crippen molar-refractivity contribution in [2.24, 2.45) is 17.1 Å². The van der Waals surface area contributed by atoms with Crippen molar-refractivity contribution in [2.45, 2.75) is 40.0 Å². The van der Waals surface area contributed by atoms with Crippen LogP contribution in [-0.2, 0) is 12.8 Å². The van der Waals surface area contributed by atoms with Gasteiger partial charge in [0.2, 0.25) is 0 Å². The second kappa shape index (κ2) is 9.55. The Labute approximate surface area is 206 Å². The van der Waals surface area contributed by atoms with Crippen molar-refractivity contribution in [3.05, 3.63) is 43.7 Å². The highest BCUT2D eigenvalue weighted by molar-refractivity contribution is 7.80. The van der Waals surface area contributed by atoms with Crippen LogP contribution in [0.4, 0.5) is 5.00 Å². The number of halogens is 2. The number of thiophene rings is 1. The van der Waals surface area contributed by atoms with Gasteiger partial charge in [-0.1, -0.05) is 44.0 Å². The van der Waals surface area contributed by atoms with Crippen LogP contribution in [0.15, 0.2) is 12.1 Å². The molecule has 32 heavy (non-hydrogen) atoms. The monoisotopic (exact) mass is 513 g/mol. The number of amides is 2. The third-order valence-electron chi connectivity index (χ3n) is 5.65. The molecule has 1 atom stereocenters. The first-order valence-corrected chi connectivity index (χ1v) is 12.0. The topological polar surface area (TPSA) is 93.4 Å². The number of anilines is 1. The molecule has 1 heterocycles. The van der Waals surface area contributed by atoms with E-state index in [4.69, 9.17) is 45.9 Å². The Kier molecular flexibility index (Phi) is 7.39. The zero-order valence-electron chi connectivity index (χ0n) is 18.2. The molecule has 0 aliphatic heterocycles. The van der Waals surface area contributed by atoms with E-state index in [0.717, 1.165) is 29.7 Å². The Morgan fingerprint density at radius 1 is 1.28 bits per heavy atom. The van der Waals surface area contributed by atoms with Gasteiger partial charge < -0.3 is 15.8 Å². The molecule has 0 unspecified atom stereocenters. The summed E-state index contributed by atoms with van der Waals surface area (Å²) in [6, 6.07) is 2.92. The number of carbonyl (C=O) groups is 2. The lowest BCUT2D eigenvalue weighted by atomic mass is 9.72. The van der Waals surface area contributed by atoms with Crippen LogP contribution in [-0.4, -0.2) is 24.0 Å². The lowest BCUT2D eigenvalue weighted by molar-refractivity contribution is 0.0972. The van der Waals surface area contributed by atoms with Crippen LogP contribution in [0.5, 0.6) is 5.75 Å². The molecule has 1 aliphatic carbocycles. The van der Waals surface area contributed by atoms with Crippen molar-refractivity contribution in [3.63, 3.8) is 0 Å². The van der Waals surface area contributed by atoms with E-state index in [1.165, 1.54) is 30.6 Å². The van der Waals surface area contributed by atoms with E-state index in [2.05, 4.69) is 31.4 Å². The highest BCUT2D eigenvalue weighted by Gasteiger charge is 2.33. The number of primary amides is 1. The molecule has 1 aliphatic rings. The standard InChI is InChI=1S/C22H25Cl2N3O3S2/c1-22(2,3)10-5-6-12-15(7-10)32-20(16(12)18(25)28)27-21(31)26-19(29)13-8-11(23)9-14(24)17(13)30-4/h8-10H,5-7H2,1-4H3,(H2,25,28)(H2,26,27,29,31)/t10-/m1/s1. The van der Waals surface area contributed by atoms with Crippen LogP contribution in [0, 0.1) is 11.3 Å². The summed E-state index contributed by atoms with van der Waals surface area (Å²) in [6.07, 6.45) is 2.65. The predicted octanol–water partition coefficient (Wildman–Crippen LogP) is 5.44. The number of rotatable bonds is 4. The third-order valence-corrected chi connectivity index (χ3v) is 7.52. The Balaban J connectivity index is 1.82. The zero-order valence-corrected chi connectivity index (χ0v) is 21.4. The van der Waals surface area contributed by atoms with Crippen LogP contribution in [0.3, 0.4) is 0 Å². The SMILES string of the molecule is COc1c(Cl)cc(Cl)cc1C(=O)NC(=S)Nc1sc2c(c1C(N)=O)CC[C@@H](C(C)(C)C)C2. The minimum atomic E-state index is -0.543. The Morgan fingerprint density at radius 2 is 1.97 bits per heavy atom. The molecule has 0 spiro atoms. The number of fused-ring (bicyclic) bond motifs is 1. The van der Waals surface area contributed by atoms with Gasteiger partial charge in [0.15, 0.2) is 5.11 Å². The lowest BCUT2D eigenvalue weighted by Crippen LogP contribution is -2.34. The minimum Gasteiger partial charge on any atom is -0.494 e. The van der Waals surface area contributed by atoms with Crippen molar-refractivity contribution in [2.75, 3.05) is 12.4 Å². The first-order valence-electron chi connectivity index (χ1n) is 10.0. The van der Waals surface area contributed by atoms with Crippen molar-refractivity contribution in [3.8, 4) is 5.75 Å². The molecule has 10 heteroatoms. The fourth-order valence-electron chi connectivity index (χ4n) is 3.92. The van der Waals surface area contributed by atoms with E-state index in [9.17, 15) is 9.59 Å². The molecule has 6 nitrogen and oxygen atoms in total. The van der Waals surface area contributed by atoms with Gasteiger partial charge >= 0.3 is 0 Å². The molecule has 172 valence electrons. The predicted molar refractivity (Wildman–Crippen MR) is 135 cm³/mol. The summed E-state index contributed by atoms with van der Waals surface area (Å²) < 4.78 is 5.22. The molecule has 0 saturated heterocycles. The van der Waals surface area contributed by atoms with E-state index < -0.39 is 11.8 Å². The maximum atomic E-state index is 12.8. The summed E-state index contributed by atoms with van der Waals surface area (Å²) in [5.74, 6) is -0.363. The fourth-order valence-corrected chi connectivity index (χ4v) is 6.08. The summed E-state index contributed by atoms with van der Waals surface area (Å²) in [4.78, 5) is 26.1. The molecule has 3 rings (SSSR count). The van der Waals surface area contributed by atoms with Crippen LogP contribution in [0.1, 0.15) is 58.3 Å². The summed E-state index contributed by atoms with van der Waals surface area (Å²) in [7, 11) is 1.41. The van der Waals surface area contributed by atoms with Crippen LogP contribution >= 0.6 is 46.8 Å². The van der Waals surface area contributed by atoms with Gasteiger partial charge in [-0.05, 0) is 60.5 Å². The summed E-state index contributed by atoms with van der Waals surface area (Å²) in [5.41, 5.74) is 7.42. The molecule has 1 aromatic carbocycles. The van der Waals surface area contributed by atoms with E-state index in [0.29, 0.717) is 16.5 Å². The van der Waals surface area contributed by atoms with Crippen molar-refractivity contribution >= 4 is 68.7 Å². The first kappa shape index (κ1) is 24.8. The van der Waals surface area contributed by atoms with Gasteiger partial charge in [0, 0.05) is 9.90 Å². The highest BCUT2D eigenvalue weighted by atomic mass is 35.5. The minimum absolute atomic E-state index is 0.0293. The molecule has 1 aromatic heterocycles. The molecular formula is C22H25Cl2N3O3S2. The second-order valence-electron chi connectivity index (χ2n) is 8.75. The van der Waals surface area contributed by atoms with E-state index in [1.54, 1.807) is 0 Å². The Morgan fingerprint density at radius 3 is 2.56 bits per heavy atom. The molecule has 0 radical (unpaired) electrons. The van der Waals surface area contributed by atoms with Crippen LogP contribution in [0.25, 0.3) is 0 Å². The number of hydrogen-bond acceptors (Lipinski definition) is 5. The smallest absolute Gasteiger partial charge is 0.261 e. The largest absolute Gasteiger partial charge is 0.494 e. The average Bonchev–Trinajstić information content (AvgIpc) is 3.03. The number of methoxy groups -OCH3 is 1. The lowest BCUT2D eigenvalue weighted by Gasteiger charge is -2.33. The van der Waals surface area contributed by atoms with Crippen LogP contribution in [0.2, 0.25) is 10.0 Å². The molecule has 2 aromatic rings. The number of hydrogen-bond donors (Lipinski definition) is 3. The third kappa shape index (κ3) is 5.20. The zero-order chi connectivity index (χ0) is 23.8. The van der Waals surface area contributed by atoms with Gasteiger partial charge in [0.25, 0.3) is 11.8 Å². The Hall–Kier alpha value is -1.87. The molecule has 0 bridgehead atoms. The van der Waals surface area contributed by atoms with Gasteiger partial charge in [-0.2, -0.15) is 0 Å².